The quantitative estimate of drug-likeness (QED) is 0.826. The van der Waals surface area contributed by atoms with Crippen LogP contribution >= 0.6 is 0 Å². The van der Waals surface area contributed by atoms with Gasteiger partial charge in [-0.25, -0.2) is 0 Å². The summed E-state index contributed by atoms with van der Waals surface area (Å²) >= 11 is 0. The number of hydrogen-bond donors (Lipinski definition) is 2. The Morgan fingerprint density at radius 2 is 1.86 bits per heavy atom. The van der Waals surface area contributed by atoms with Gasteiger partial charge >= 0.3 is 0 Å². The Kier molecular flexibility index (Phi) is 4.82. The van der Waals surface area contributed by atoms with Gasteiger partial charge in [-0.3, -0.25) is 4.79 Å². The van der Waals surface area contributed by atoms with Crippen molar-refractivity contribution < 1.29 is 9.53 Å². The van der Waals surface area contributed by atoms with E-state index < -0.39 is 0 Å². The van der Waals surface area contributed by atoms with E-state index in [0.717, 1.165) is 6.42 Å². The highest BCUT2D eigenvalue weighted by atomic mass is 16.5. The number of carbonyl (C=O) groups excluding carboxylic acids is 1. The van der Waals surface area contributed by atoms with Crippen molar-refractivity contribution in [1.82, 2.24) is 0 Å². The summed E-state index contributed by atoms with van der Waals surface area (Å²) in [6.07, 6.45) is 0.952. The third-order valence-electron chi connectivity index (χ3n) is 3.21. The molecule has 1 amide bonds. The van der Waals surface area contributed by atoms with Crippen LogP contribution < -0.4 is 15.8 Å². The molecule has 0 unspecified atom stereocenters. The summed E-state index contributed by atoms with van der Waals surface area (Å²) < 4.78 is 5.36. The first-order valence-corrected chi connectivity index (χ1v) is 7.06. The molecule has 0 spiro atoms. The zero-order chi connectivity index (χ0) is 15.2. The molecule has 0 saturated heterocycles. The van der Waals surface area contributed by atoms with Crippen molar-refractivity contribution in [3.8, 4) is 5.75 Å². The number of amides is 1. The highest BCUT2D eigenvalue weighted by Crippen LogP contribution is 2.24. The molecular weight excluding hydrogens is 264 g/mol. The molecule has 0 aliphatic carbocycles. The van der Waals surface area contributed by atoms with Crippen LogP contribution in [0.4, 0.5) is 11.4 Å². The number of anilines is 2. The van der Waals surface area contributed by atoms with E-state index in [0.29, 0.717) is 29.3 Å². The third-order valence-corrected chi connectivity index (χ3v) is 3.21. The Morgan fingerprint density at radius 1 is 1.14 bits per heavy atom. The van der Waals surface area contributed by atoms with Crippen molar-refractivity contribution in [2.75, 3.05) is 17.7 Å². The lowest BCUT2D eigenvalue weighted by atomic mass is 10.1. The van der Waals surface area contributed by atoms with Crippen molar-refractivity contribution in [3.63, 3.8) is 0 Å². The van der Waals surface area contributed by atoms with Crippen molar-refractivity contribution in [2.24, 2.45) is 0 Å². The molecule has 0 radical (unpaired) electrons. The first-order valence-electron chi connectivity index (χ1n) is 7.06. The van der Waals surface area contributed by atoms with E-state index in [9.17, 15) is 4.79 Å². The fraction of sp³-hybridized carbons (Fsp3) is 0.235. The second-order valence-corrected chi connectivity index (χ2v) is 4.69. The molecule has 110 valence electrons. The maximum absolute atomic E-state index is 12.2. The largest absolute Gasteiger partial charge is 0.494 e. The maximum Gasteiger partial charge on any atom is 0.255 e. The fourth-order valence-electron chi connectivity index (χ4n) is 2.00. The van der Waals surface area contributed by atoms with Crippen LogP contribution in [0.15, 0.2) is 42.5 Å². The van der Waals surface area contributed by atoms with E-state index in [1.807, 2.05) is 31.2 Å². The Balaban J connectivity index is 2.11. The minimum atomic E-state index is -0.173. The minimum absolute atomic E-state index is 0.173. The molecule has 0 aliphatic heterocycles. The van der Waals surface area contributed by atoms with E-state index in [-0.39, 0.29) is 5.91 Å². The van der Waals surface area contributed by atoms with Gasteiger partial charge < -0.3 is 15.8 Å². The number of ether oxygens (including phenoxy) is 1. The summed E-state index contributed by atoms with van der Waals surface area (Å²) in [5.41, 5.74) is 8.81. The molecule has 0 heterocycles. The van der Waals surface area contributed by atoms with Crippen molar-refractivity contribution in [1.29, 1.82) is 0 Å². The summed E-state index contributed by atoms with van der Waals surface area (Å²) in [4.78, 5) is 12.2. The second-order valence-electron chi connectivity index (χ2n) is 4.69. The van der Waals surface area contributed by atoms with Gasteiger partial charge in [-0.2, -0.15) is 0 Å². The average molecular weight is 284 g/mol. The molecule has 2 rings (SSSR count). The topological polar surface area (TPSA) is 64.3 Å². The van der Waals surface area contributed by atoms with E-state index in [4.69, 9.17) is 10.5 Å². The third kappa shape index (κ3) is 3.75. The lowest BCUT2D eigenvalue weighted by molar-refractivity contribution is 0.102. The standard InChI is InChI=1S/C17H20N2O2/c1-3-12-5-7-13(8-6-12)17(20)19-16-10-9-14(21-4-2)11-15(16)18/h5-11H,3-4,18H2,1-2H3,(H,19,20). The first kappa shape index (κ1) is 14.9. The Labute approximate surface area is 124 Å². The highest BCUT2D eigenvalue weighted by molar-refractivity contribution is 6.05. The number of nitrogen functional groups attached to an aromatic ring is 1. The molecule has 0 saturated carbocycles. The fourth-order valence-corrected chi connectivity index (χ4v) is 2.00. The molecule has 2 aromatic carbocycles. The number of benzene rings is 2. The molecule has 0 fully saturated rings. The molecule has 4 nitrogen and oxygen atoms in total. The predicted molar refractivity (Wildman–Crippen MR) is 85.8 cm³/mol. The number of rotatable bonds is 5. The SMILES string of the molecule is CCOc1ccc(NC(=O)c2ccc(CC)cc2)c(N)c1. The monoisotopic (exact) mass is 284 g/mol. The van der Waals surface area contributed by atoms with Gasteiger partial charge in [0.05, 0.1) is 18.0 Å². The lowest BCUT2D eigenvalue weighted by Gasteiger charge is -2.10. The minimum Gasteiger partial charge on any atom is -0.494 e. The molecule has 21 heavy (non-hydrogen) atoms. The number of carbonyl (C=O) groups is 1. The molecule has 3 N–H and O–H groups in total. The van der Waals surface area contributed by atoms with Gasteiger partial charge in [0.2, 0.25) is 0 Å². The zero-order valence-electron chi connectivity index (χ0n) is 12.3. The summed E-state index contributed by atoms with van der Waals surface area (Å²) in [5, 5.41) is 2.81. The van der Waals surface area contributed by atoms with Crippen molar-refractivity contribution in [3.05, 3.63) is 53.6 Å². The van der Waals surface area contributed by atoms with Crippen molar-refractivity contribution in [2.45, 2.75) is 20.3 Å². The van der Waals surface area contributed by atoms with Crippen LogP contribution in [-0.4, -0.2) is 12.5 Å². The van der Waals surface area contributed by atoms with E-state index in [1.165, 1.54) is 5.56 Å². The maximum atomic E-state index is 12.2. The Hall–Kier alpha value is -2.49. The Morgan fingerprint density at radius 3 is 2.43 bits per heavy atom. The second kappa shape index (κ2) is 6.79. The van der Waals surface area contributed by atoms with E-state index in [2.05, 4.69) is 12.2 Å². The van der Waals surface area contributed by atoms with E-state index in [1.54, 1.807) is 18.2 Å². The molecule has 4 heteroatoms. The first-order chi connectivity index (χ1) is 10.1. The van der Waals surface area contributed by atoms with Gasteiger partial charge in [0.25, 0.3) is 5.91 Å². The van der Waals surface area contributed by atoms with Crippen LogP contribution in [0, 0.1) is 0 Å². The van der Waals surface area contributed by atoms with Crippen LogP contribution in [0.5, 0.6) is 5.75 Å². The molecule has 0 aromatic heterocycles. The van der Waals surface area contributed by atoms with Crippen LogP contribution in [0.3, 0.4) is 0 Å². The van der Waals surface area contributed by atoms with Crippen LogP contribution in [0.1, 0.15) is 29.8 Å². The van der Waals surface area contributed by atoms with Gasteiger partial charge in [0.15, 0.2) is 0 Å². The van der Waals surface area contributed by atoms with Gasteiger partial charge in [-0.15, -0.1) is 0 Å². The van der Waals surface area contributed by atoms with Gasteiger partial charge in [-0.1, -0.05) is 19.1 Å². The number of aryl methyl sites for hydroxylation is 1. The lowest BCUT2D eigenvalue weighted by Crippen LogP contribution is -2.13. The van der Waals surface area contributed by atoms with Crippen LogP contribution in [-0.2, 0) is 6.42 Å². The number of nitrogens with two attached hydrogens (primary N) is 1. The molecule has 0 atom stereocenters. The van der Waals surface area contributed by atoms with Gasteiger partial charge in [-0.05, 0) is 43.2 Å². The van der Waals surface area contributed by atoms with Crippen LogP contribution in [0.25, 0.3) is 0 Å². The summed E-state index contributed by atoms with van der Waals surface area (Å²) in [6, 6.07) is 12.8. The molecule has 2 aromatic rings. The zero-order valence-corrected chi connectivity index (χ0v) is 12.3. The van der Waals surface area contributed by atoms with Crippen LogP contribution in [0.2, 0.25) is 0 Å². The predicted octanol–water partition coefficient (Wildman–Crippen LogP) is 3.48. The number of hydrogen-bond acceptors (Lipinski definition) is 3. The van der Waals surface area contributed by atoms with Crippen molar-refractivity contribution >= 4 is 17.3 Å². The average Bonchev–Trinajstić information content (AvgIpc) is 2.50. The normalized spacial score (nSPS) is 10.2. The summed E-state index contributed by atoms with van der Waals surface area (Å²) in [6.45, 7) is 4.57. The summed E-state index contributed by atoms with van der Waals surface area (Å²) in [5.74, 6) is 0.522. The summed E-state index contributed by atoms with van der Waals surface area (Å²) in [7, 11) is 0. The highest BCUT2D eigenvalue weighted by Gasteiger charge is 2.08. The molecule has 0 bridgehead atoms. The molecular formula is C17H20N2O2. The van der Waals surface area contributed by atoms with Gasteiger partial charge in [0, 0.05) is 11.6 Å². The smallest absolute Gasteiger partial charge is 0.255 e. The Bertz CT molecular complexity index is 621. The van der Waals surface area contributed by atoms with E-state index >= 15 is 0 Å². The molecule has 0 aliphatic rings. The number of nitrogens with one attached hydrogen (secondary N) is 1. The van der Waals surface area contributed by atoms with Gasteiger partial charge in [0.1, 0.15) is 5.75 Å².